The maximum atomic E-state index is 12.6. The fraction of sp³-hybridized carbons (Fsp3) is 0.350. The average molecular weight is 352 g/mol. The molecule has 6 heteroatoms. The van der Waals surface area contributed by atoms with E-state index in [2.05, 4.69) is 5.32 Å². The zero-order chi connectivity index (χ0) is 18.1. The first-order valence-corrected chi connectivity index (χ1v) is 8.89. The van der Waals surface area contributed by atoms with Crippen LogP contribution in [0.2, 0.25) is 0 Å². The second-order valence-electron chi connectivity index (χ2n) is 6.68. The van der Waals surface area contributed by atoms with Gasteiger partial charge in [-0.05, 0) is 35.7 Å². The Morgan fingerprint density at radius 3 is 2.19 bits per heavy atom. The van der Waals surface area contributed by atoms with Crippen molar-refractivity contribution in [3.05, 3.63) is 47.5 Å². The van der Waals surface area contributed by atoms with Crippen LogP contribution in [-0.2, 0) is 9.53 Å². The predicted molar refractivity (Wildman–Crippen MR) is 95.9 cm³/mol. The molecule has 0 aliphatic carbocycles. The molecule has 2 aromatic carbocycles. The lowest BCUT2D eigenvalue weighted by Crippen LogP contribution is -2.41. The molecule has 134 valence electrons. The van der Waals surface area contributed by atoms with Gasteiger partial charge in [-0.3, -0.25) is 19.3 Å². The van der Waals surface area contributed by atoms with Crippen molar-refractivity contribution in [3.8, 4) is 0 Å². The van der Waals surface area contributed by atoms with Gasteiger partial charge in [0.1, 0.15) is 0 Å². The fourth-order valence-electron chi connectivity index (χ4n) is 3.58. The van der Waals surface area contributed by atoms with E-state index in [4.69, 9.17) is 4.74 Å². The van der Waals surface area contributed by atoms with Crippen molar-refractivity contribution in [3.63, 3.8) is 0 Å². The Labute approximate surface area is 151 Å². The number of fused-ring (bicyclic) bond motifs is 2. The van der Waals surface area contributed by atoms with Gasteiger partial charge >= 0.3 is 0 Å². The molecule has 2 aliphatic rings. The van der Waals surface area contributed by atoms with Crippen molar-refractivity contribution >= 4 is 28.5 Å². The summed E-state index contributed by atoms with van der Waals surface area (Å²) in [7, 11) is 0. The Morgan fingerprint density at radius 2 is 1.62 bits per heavy atom. The Bertz CT molecular complexity index is 832. The van der Waals surface area contributed by atoms with Crippen LogP contribution in [0.5, 0.6) is 0 Å². The Balaban J connectivity index is 1.43. The minimum absolute atomic E-state index is 0.0318. The molecule has 4 rings (SSSR count). The number of amides is 3. The van der Waals surface area contributed by atoms with Gasteiger partial charge in [0.05, 0.1) is 11.1 Å². The monoisotopic (exact) mass is 352 g/mol. The molecule has 0 bridgehead atoms. The molecule has 6 nitrogen and oxygen atoms in total. The SMILES string of the molecule is O=C(NCCN1C(=O)c2cc3ccccc3cc2C1=O)C1CCOCC1. The zero-order valence-corrected chi connectivity index (χ0v) is 14.4. The van der Waals surface area contributed by atoms with Crippen LogP contribution in [0.1, 0.15) is 33.6 Å². The highest BCUT2D eigenvalue weighted by molar-refractivity contribution is 6.23. The molecule has 0 saturated carbocycles. The summed E-state index contributed by atoms with van der Waals surface area (Å²) in [5.74, 6) is -0.668. The van der Waals surface area contributed by atoms with Gasteiger partial charge in [-0.1, -0.05) is 24.3 Å². The van der Waals surface area contributed by atoms with E-state index in [1.807, 2.05) is 24.3 Å². The molecule has 26 heavy (non-hydrogen) atoms. The first-order valence-electron chi connectivity index (χ1n) is 8.89. The van der Waals surface area contributed by atoms with Gasteiger partial charge in [-0.15, -0.1) is 0 Å². The minimum atomic E-state index is -0.295. The van der Waals surface area contributed by atoms with Crippen LogP contribution in [0.3, 0.4) is 0 Å². The number of imide groups is 1. The number of carbonyl (C=O) groups is 3. The van der Waals surface area contributed by atoms with Crippen LogP contribution in [-0.4, -0.2) is 48.9 Å². The molecule has 2 aromatic rings. The van der Waals surface area contributed by atoms with E-state index in [-0.39, 0.29) is 36.7 Å². The number of ether oxygens (including phenoxy) is 1. The third-order valence-electron chi connectivity index (χ3n) is 5.06. The molecule has 0 radical (unpaired) electrons. The van der Waals surface area contributed by atoms with Crippen molar-refractivity contribution in [1.82, 2.24) is 10.2 Å². The summed E-state index contributed by atoms with van der Waals surface area (Å²) < 4.78 is 5.25. The lowest BCUT2D eigenvalue weighted by atomic mass is 9.99. The number of carbonyl (C=O) groups excluding carboxylic acids is 3. The first-order chi connectivity index (χ1) is 12.6. The molecule has 0 atom stereocenters. The number of nitrogens with one attached hydrogen (secondary N) is 1. The van der Waals surface area contributed by atoms with Crippen molar-refractivity contribution in [2.75, 3.05) is 26.3 Å². The molecule has 1 N–H and O–H groups in total. The van der Waals surface area contributed by atoms with Gasteiger partial charge in [-0.2, -0.15) is 0 Å². The Hall–Kier alpha value is -2.73. The van der Waals surface area contributed by atoms with Crippen molar-refractivity contribution in [2.45, 2.75) is 12.8 Å². The summed E-state index contributed by atoms with van der Waals surface area (Å²) in [6.07, 6.45) is 1.43. The minimum Gasteiger partial charge on any atom is -0.381 e. The smallest absolute Gasteiger partial charge is 0.261 e. The summed E-state index contributed by atoms with van der Waals surface area (Å²) >= 11 is 0. The summed E-state index contributed by atoms with van der Waals surface area (Å²) in [4.78, 5) is 38.6. The topological polar surface area (TPSA) is 75.7 Å². The Morgan fingerprint density at radius 1 is 1.04 bits per heavy atom. The zero-order valence-electron chi connectivity index (χ0n) is 14.4. The Kier molecular flexibility index (Phi) is 4.42. The van der Waals surface area contributed by atoms with Gasteiger partial charge in [0.2, 0.25) is 5.91 Å². The lowest BCUT2D eigenvalue weighted by Gasteiger charge is -2.22. The van der Waals surface area contributed by atoms with E-state index in [0.29, 0.717) is 37.2 Å². The van der Waals surface area contributed by atoms with Crippen LogP contribution < -0.4 is 5.32 Å². The maximum Gasteiger partial charge on any atom is 0.261 e. The molecule has 0 unspecified atom stereocenters. The summed E-state index contributed by atoms with van der Waals surface area (Å²) in [6.45, 7) is 1.65. The number of hydrogen-bond donors (Lipinski definition) is 1. The maximum absolute atomic E-state index is 12.6. The third-order valence-corrected chi connectivity index (χ3v) is 5.06. The van der Waals surface area contributed by atoms with Gasteiger partial charge < -0.3 is 10.1 Å². The van der Waals surface area contributed by atoms with Gasteiger partial charge in [0.15, 0.2) is 0 Å². The van der Waals surface area contributed by atoms with E-state index < -0.39 is 0 Å². The van der Waals surface area contributed by atoms with Gasteiger partial charge in [0.25, 0.3) is 11.8 Å². The van der Waals surface area contributed by atoms with E-state index in [0.717, 1.165) is 10.8 Å². The second kappa shape index (κ2) is 6.88. The van der Waals surface area contributed by atoms with Crippen molar-refractivity contribution in [1.29, 1.82) is 0 Å². The number of rotatable bonds is 4. The molecule has 3 amide bonds. The molecule has 2 heterocycles. The van der Waals surface area contributed by atoms with E-state index >= 15 is 0 Å². The van der Waals surface area contributed by atoms with Gasteiger partial charge in [-0.25, -0.2) is 0 Å². The van der Waals surface area contributed by atoms with Crippen LogP contribution in [0.4, 0.5) is 0 Å². The van der Waals surface area contributed by atoms with Crippen molar-refractivity contribution in [2.24, 2.45) is 5.92 Å². The molecule has 1 saturated heterocycles. The number of nitrogens with zero attached hydrogens (tertiary/aromatic N) is 1. The van der Waals surface area contributed by atoms with E-state index in [1.165, 1.54) is 4.90 Å². The second-order valence-corrected chi connectivity index (χ2v) is 6.68. The summed E-state index contributed by atoms with van der Waals surface area (Å²) in [5, 5.41) is 4.70. The third kappa shape index (κ3) is 2.97. The highest BCUT2D eigenvalue weighted by Gasteiger charge is 2.35. The first kappa shape index (κ1) is 16.7. The fourth-order valence-corrected chi connectivity index (χ4v) is 3.58. The van der Waals surface area contributed by atoms with Crippen LogP contribution in [0, 0.1) is 5.92 Å². The van der Waals surface area contributed by atoms with Crippen LogP contribution in [0.15, 0.2) is 36.4 Å². The van der Waals surface area contributed by atoms with E-state index in [1.54, 1.807) is 12.1 Å². The molecule has 0 spiro atoms. The standard InChI is InChI=1S/C20H20N2O4/c23-18(13-5-9-26-10-6-13)21-7-8-22-19(24)16-11-14-3-1-2-4-15(14)12-17(16)20(22)25/h1-4,11-13H,5-10H2,(H,21,23). The summed E-state index contributed by atoms with van der Waals surface area (Å²) in [5.41, 5.74) is 0.869. The normalized spacial score (nSPS) is 17.6. The molecule has 2 aliphatic heterocycles. The largest absolute Gasteiger partial charge is 0.381 e. The number of benzene rings is 2. The summed E-state index contributed by atoms with van der Waals surface area (Å²) in [6, 6.07) is 11.2. The number of hydrogen-bond acceptors (Lipinski definition) is 4. The highest BCUT2D eigenvalue weighted by Crippen LogP contribution is 2.27. The lowest BCUT2D eigenvalue weighted by molar-refractivity contribution is -0.127. The average Bonchev–Trinajstić information content (AvgIpc) is 2.91. The van der Waals surface area contributed by atoms with Crippen LogP contribution in [0.25, 0.3) is 10.8 Å². The quantitative estimate of drug-likeness (QED) is 0.854. The molecule has 1 fully saturated rings. The van der Waals surface area contributed by atoms with Crippen LogP contribution >= 0.6 is 0 Å². The molecule has 0 aromatic heterocycles. The predicted octanol–water partition coefficient (Wildman–Crippen LogP) is 1.98. The highest BCUT2D eigenvalue weighted by atomic mass is 16.5. The van der Waals surface area contributed by atoms with Gasteiger partial charge in [0, 0.05) is 32.2 Å². The van der Waals surface area contributed by atoms with E-state index in [9.17, 15) is 14.4 Å². The molecular weight excluding hydrogens is 332 g/mol. The van der Waals surface area contributed by atoms with Crippen molar-refractivity contribution < 1.29 is 19.1 Å². The molecular formula is C20H20N2O4.